The summed E-state index contributed by atoms with van der Waals surface area (Å²) < 4.78 is 0. The van der Waals surface area contributed by atoms with E-state index in [2.05, 4.69) is 38.4 Å². The van der Waals surface area contributed by atoms with Gasteiger partial charge in [-0.15, -0.1) is 0 Å². The number of phenols is 1. The topological polar surface area (TPSA) is 20.2 Å². The van der Waals surface area contributed by atoms with Crippen LogP contribution in [0.15, 0.2) is 12.1 Å². The zero-order valence-corrected chi connectivity index (χ0v) is 15.5. The van der Waals surface area contributed by atoms with Crippen LogP contribution in [0, 0.1) is 6.92 Å². The average Bonchev–Trinajstić information content (AvgIpc) is 2.40. The molecule has 0 amide bonds. The van der Waals surface area contributed by atoms with E-state index in [1.807, 2.05) is 0 Å². The zero-order chi connectivity index (χ0) is 14.0. The Bertz CT molecular complexity index is 305. The van der Waals surface area contributed by atoms with Gasteiger partial charge in [-0.3, -0.25) is 0 Å². The molecule has 0 aliphatic rings. The van der Waals surface area contributed by atoms with Gasteiger partial charge in [0.15, 0.2) is 0 Å². The summed E-state index contributed by atoms with van der Waals surface area (Å²) in [7, 11) is 0. The number of hydrogen-bond donors (Lipinski definition) is 1. The Labute approximate surface area is 123 Å². The van der Waals surface area contributed by atoms with Crippen LogP contribution in [-0.4, -0.2) is 5.11 Å². The van der Waals surface area contributed by atoms with Gasteiger partial charge in [-0.05, 0) is 43.7 Å². The number of aromatic hydroxyl groups is 1. The van der Waals surface area contributed by atoms with Gasteiger partial charge in [-0.2, -0.15) is 0 Å². The van der Waals surface area contributed by atoms with Crippen LogP contribution < -0.4 is 0 Å². The molecule has 0 saturated carbocycles. The number of hydrogen-bond acceptors (Lipinski definition) is 1. The summed E-state index contributed by atoms with van der Waals surface area (Å²) in [4.78, 5) is 0. The predicted molar refractivity (Wildman–Crippen MR) is 75.9 cm³/mol. The first-order valence-electron chi connectivity index (χ1n) is 7.21. The normalized spacial score (nSPS) is 9.89. The molecule has 0 fully saturated rings. The van der Waals surface area contributed by atoms with E-state index in [0.717, 1.165) is 36.8 Å². The predicted octanol–water partition coefficient (Wildman–Crippen LogP) is 4.97. The van der Waals surface area contributed by atoms with Gasteiger partial charge in [0.2, 0.25) is 0 Å². The fraction of sp³-hybridized carbons (Fsp3) is 0.625. The summed E-state index contributed by atoms with van der Waals surface area (Å²) in [5.74, 6) is 0.549. The van der Waals surface area contributed by atoms with Gasteiger partial charge in [0.1, 0.15) is 5.75 Å². The maximum absolute atomic E-state index is 10.2. The van der Waals surface area contributed by atoms with Crippen LogP contribution >= 0.6 is 0 Å². The molecular formula is C16H27OZn. The number of aryl methyl sites for hydroxylation is 3. The molecule has 1 N–H and O–H groups in total. The third-order valence-electron chi connectivity index (χ3n) is 3.01. The second kappa shape index (κ2) is 10.6. The van der Waals surface area contributed by atoms with Crippen molar-refractivity contribution in [3.63, 3.8) is 0 Å². The molecule has 0 aliphatic carbocycles. The minimum atomic E-state index is 0.549. The molecule has 0 spiro atoms. The Morgan fingerprint density at radius 1 is 0.944 bits per heavy atom. The fourth-order valence-corrected chi connectivity index (χ4v) is 2.05. The van der Waals surface area contributed by atoms with E-state index in [0.29, 0.717) is 5.75 Å². The third-order valence-corrected chi connectivity index (χ3v) is 3.01. The molecule has 0 aliphatic heterocycles. The first-order chi connectivity index (χ1) is 8.69. The summed E-state index contributed by atoms with van der Waals surface area (Å²) >= 11 is 1.38. The first kappa shape index (κ1) is 17.6. The molecule has 0 bridgehead atoms. The molecule has 1 aromatic rings. The minimum absolute atomic E-state index is 0.549. The SMILES string of the molecule is CCCCc1cc(C)cc(CCCC)c1O.[CH3][Zn]. The van der Waals surface area contributed by atoms with E-state index in [-0.39, 0.29) is 0 Å². The standard InChI is InChI=1S/C15H24O.CH3.Zn/c1-4-6-8-13-10-12(3)11-14(15(13)16)9-7-5-2;;/h10-11,16H,4-9H2,1-3H3;1H3;. The van der Waals surface area contributed by atoms with Crippen molar-refractivity contribution in [3.05, 3.63) is 28.8 Å². The first-order valence-corrected chi connectivity index (χ1v) is 10.2. The van der Waals surface area contributed by atoms with Crippen molar-refractivity contribution in [1.82, 2.24) is 0 Å². The maximum atomic E-state index is 10.2. The Hall–Kier alpha value is -0.357. The van der Waals surface area contributed by atoms with Gasteiger partial charge < -0.3 is 5.11 Å². The summed E-state index contributed by atoms with van der Waals surface area (Å²) in [6.07, 6.45) is 6.68. The molecule has 99 valence electrons. The number of unbranched alkanes of at least 4 members (excludes halogenated alkanes) is 2. The monoisotopic (exact) mass is 299 g/mol. The van der Waals surface area contributed by atoms with Gasteiger partial charge in [0, 0.05) is 0 Å². The molecule has 0 saturated heterocycles. The van der Waals surface area contributed by atoms with Crippen LogP contribution in [0.25, 0.3) is 0 Å². The number of rotatable bonds is 6. The second-order valence-electron chi connectivity index (χ2n) is 4.64. The van der Waals surface area contributed by atoms with Gasteiger partial charge >= 0.3 is 23.8 Å². The van der Waals surface area contributed by atoms with Crippen molar-refractivity contribution < 1.29 is 23.4 Å². The van der Waals surface area contributed by atoms with E-state index < -0.39 is 0 Å². The number of benzene rings is 1. The quantitative estimate of drug-likeness (QED) is 0.736. The second-order valence-corrected chi connectivity index (χ2v) is 4.64. The van der Waals surface area contributed by atoms with E-state index >= 15 is 0 Å². The number of phenolic OH excluding ortho intramolecular Hbond substituents is 1. The van der Waals surface area contributed by atoms with Crippen LogP contribution in [0.1, 0.15) is 56.2 Å². The molecule has 0 atom stereocenters. The van der Waals surface area contributed by atoms with Crippen LogP contribution in [0.2, 0.25) is 5.52 Å². The summed E-state index contributed by atoms with van der Waals surface area (Å²) in [5, 5.41) is 10.2. The Morgan fingerprint density at radius 3 is 1.67 bits per heavy atom. The molecule has 1 aromatic carbocycles. The summed E-state index contributed by atoms with van der Waals surface area (Å²) in [6, 6.07) is 4.25. The summed E-state index contributed by atoms with van der Waals surface area (Å²) in [5.41, 5.74) is 5.66. The molecule has 0 radical (unpaired) electrons. The van der Waals surface area contributed by atoms with E-state index in [4.69, 9.17) is 0 Å². The van der Waals surface area contributed by atoms with Crippen LogP contribution in [0.3, 0.4) is 0 Å². The van der Waals surface area contributed by atoms with Crippen molar-refractivity contribution in [1.29, 1.82) is 0 Å². The molecule has 1 rings (SSSR count). The van der Waals surface area contributed by atoms with Crippen LogP contribution in [0.5, 0.6) is 5.75 Å². The molecule has 1 nitrogen and oxygen atoms in total. The van der Waals surface area contributed by atoms with Crippen molar-refractivity contribution in [2.45, 2.75) is 64.8 Å². The molecule has 0 aromatic heterocycles. The molecule has 2 heteroatoms. The van der Waals surface area contributed by atoms with E-state index in [9.17, 15) is 5.11 Å². The van der Waals surface area contributed by atoms with Gasteiger partial charge in [0.05, 0.1) is 0 Å². The van der Waals surface area contributed by atoms with Crippen molar-refractivity contribution in [3.8, 4) is 5.75 Å². The van der Waals surface area contributed by atoms with Crippen molar-refractivity contribution >= 4 is 0 Å². The van der Waals surface area contributed by atoms with Crippen molar-refractivity contribution in [2.75, 3.05) is 0 Å². The zero-order valence-electron chi connectivity index (χ0n) is 12.6. The molecular weight excluding hydrogens is 274 g/mol. The average molecular weight is 301 g/mol. The Balaban J connectivity index is 0.00000137. The van der Waals surface area contributed by atoms with E-state index in [1.165, 1.54) is 36.7 Å². The van der Waals surface area contributed by atoms with Crippen molar-refractivity contribution in [2.24, 2.45) is 0 Å². The Kier molecular flexibility index (Phi) is 10.3. The Morgan fingerprint density at radius 2 is 1.33 bits per heavy atom. The van der Waals surface area contributed by atoms with Crippen LogP contribution in [0.4, 0.5) is 0 Å². The molecule has 0 heterocycles. The third kappa shape index (κ3) is 6.00. The molecule has 18 heavy (non-hydrogen) atoms. The van der Waals surface area contributed by atoms with Gasteiger partial charge in [-0.25, -0.2) is 0 Å². The summed E-state index contributed by atoms with van der Waals surface area (Å²) in [6.45, 7) is 6.49. The molecule has 0 unspecified atom stereocenters. The van der Waals surface area contributed by atoms with E-state index in [1.54, 1.807) is 0 Å². The van der Waals surface area contributed by atoms with Crippen LogP contribution in [-0.2, 0) is 31.1 Å². The van der Waals surface area contributed by atoms with Gasteiger partial charge in [0.25, 0.3) is 0 Å². The fourth-order valence-electron chi connectivity index (χ4n) is 2.05. The van der Waals surface area contributed by atoms with Gasteiger partial charge in [-0.1, -0.05) is 44.4 Å².